The van der Waals surface area contributed by atoms with E-state index < -0.39 is 0 Å². The third-order valence-electron chi connectivity index (χ3n) is 4.78. The van der Waals surface area contributed by atoms with E-state index in [2.05, 4.69) is 9.88 Å². The van der Waals surface area contributed by atoms with E-state index in [1.807, 2.05) is 31.2 Å². The van der Waals surface area contributed by atoms with Gasteiger partial charge in [0.05, 0.1) is 16.8 Å². The Bertz CT molecular complexity index is 893. The van der Waals surface area contributed by atoms with Crippen molar-refractivity contribution in [2.45, 2.75) is 19.9 Å². The van der Waals surface area contributed by atoms with Crippen molar-refractivity contribution in [1.82, 2.24) is 9.88 Å². The molecule has 1 aromatic heterocycles. The standard InChI is InChI=1S/C21H22N2O4/c1-14-10-17-16(12-23(13-26-17)8-5-9-25-2)21-19(14)20(24)18(27-21)11-15-6-3-4-7-22-15/h3-4,6-7,10-11H,5,8-9,12-13H2,1-2H3/b18-11-. The first kappa shape index (κ1) is 17.7. The lowest BCUT2D eigenvalue weighted by molar-refractivity contribution is 0.0822. The lowest BCUT2D eigenvalue weighted by Crippen LogP contribution is -2.33. The second-order valence-corrected chi connectivity index (χ2v) is 6.74. The maximum atomic E-state index is 12.9. The van der Waals surface area contributed by atoms with Gasteiger partial charge in [-0.25, -0.2) is 0 Å². The minimum absolute atomic E-state index is 0.104. The Kier molecular flexibility index (Phi) is 4.92. The molecule has 2 aliphatic heterocycles. The van der Waals surface area contributed by atoms with Gasteiger partial charge in [-0.1, -0.05) is 6.07 Å². The second-order valence-electron chi connectivity index (χ2n) is 6.74. The Morgan fingerprint density at radius 3 is 3.04 bits per heavy atom. The van der Waals surface area contributed by atoms with E-state index in [-0.39, 0.29) is 5.78 Å². The number of hydrogen-bond acceptors (Lipinski definition) is 6. The molecule has 4 rings (SSSR count). The fourth-order valence-electron chi connectivity index (χ4n) is 3.45. The van der Waals surface area contributed by atoms with Crippen LogP contribution in [-0.2, 0) is 11.3 Å². The van der Waals surface area contributed by atoms with Gasteiger partial charge in [-0.15, -0.1) is 0 Å². The van der Waals surface area contributed by atoms with Crippen LogP contribution in [0.5, 0.6) is 11.5 Å². The van der Waals surface area contributed by atoms with Crippen molar-refractivity contribution in [2.75, 3.05) is 27.0 Å². The average molecular weight is 366 g/mol. The number of fused-ring (bicyclic) bond motifs is 3. The van der Waals surface area contributed by atoms with Gasteiger partial charge in [0, 0.05) is 39.1 Å². The molecule has 0 aliphatic carbocycles. The topological polar surface area (TPSA) is 60.9 Å². The zero-order valence-corrected chi connectivity index (χ0v) is 15.5. The van der Waals surface area contributed by atoms with E-state index in [0.717, 1.165) is 29.8 Å². The Morgan fingerprint density at radius 1 is 1.37 bits per heavy atom. The summed E-state index contributed by atoms with van der Waals surface area (Å²) in [4.78, 5) is 19.3. The summed E-state index contributed by atoms with van der Waals surface area (Å²) in [5, 5.41) is 0. The maximum absolute atomic E-state index is 12.9. The SMILES string of the molecule is COCCCN1COc2cc(C)c3c(c2C1)O/C(=C\c1ccccn1)C3=O. The Labute approximate surface area is 158 Å². The third kappa shape index (κ3) is 3.46. The van der Waals surface area contributed by atoms with Crippen molar-refractivity contribution in [2.24, 2.45) is 0 Å². The smallest absolute Gasteiger partial charge is 0.232 e. The highest BCUT2D eigenvalue weighted by Crippen LogP contribution is 2.43. The number of methoxy groups -OCH3 is 1. The summed E-state index contributed by atoms with van der Waals surface area (Å²) in [5.41, 5.74) is 3.11. The molecule has 3 heterocycles. The molecule has 2 aromatic rings. The molecule has 6 heteroatoms. The Balaban J connectivity index is 1.64. The van der Waals surface area contributed by atoms with Crippen molar-refractivity contribution in [1.29, 1.82) is 0 Å². The number of aryl methyl sites for hydroxylation is 1. The van der Waals surface area contributed by atoms with Crippen LogP contribution in [0.4, 0.5) is 0 Å². The number of allylic oxidation sites excluding steroid dienone is 1. The number of carbonyl (C=O) groups is 1. The van der Waals surface area contributed by atoms with Crippen LogP contribution in [-0.4, -0.2) is 42.7 Å². The molecule has 0 N–H and O–H groups in total. The molecule has 140 valence electrons. The van der Waals surface area contributed by atoms with Crippen LogP contribution in [0.1, 0.15) is 33.6 Å². The van der Waals surface area contributed by atoms with Crippen LogP contribution in [0, 0.1) is 6.92 Å². The van der Waals surface area contributed by atoms with Gasteiger partial charge in [0.2, 0.25) is 5.78 Å². The van der Waals surface area contributed by atoms with Gasteiger partial charge in [-0.3, -0.25) is 14.7 Å². The van der Waals surface area contributed by atoms with Crippen LogP contribution in [0.25, 0.3) is 6.08 Å². The highest BCUT2D eigenvalue weighted by molar-refractivity contribution is 6.15. The zero-order valence-electron chi connectivity index (χ0n) is 15.5. The summed E-state index contributed by atoms with van der Waals surface area (Å²) in [5.74, 6) is 1.61. The molecule has 0 amide bonds. The molecule has 27 heavy (non-hydrogen) atoms. The summed E-state index contributed by atoms with van der Waals surface area (Å²) < 4.78 is 17.1. The van der Waals surface area contributed by atoms with E-state index in [0.29, 0.717) is 42.6 Å². The maximum Gasteiger partial charge on any atom is 0.232 e. The fourth-order valence-corrected chi connectivity index (χ4v) is 3.45. The minimum Gasteiger partial charge on any atom is -0.478 e. The van der Waals surface area contributed by atoms with Crippen LogP contribution < -0.4 is 9.47 Å². The average Bonchev–Trinajstić information content (AvgIpc) is 3.00. The van der Waals surface area contributed by atoms with Crippen molar-refractivity contribution in [3.8, 4) is 11.5 Å². The molecule has 6 nitrogen and oxygen atoms in total. The number of benzene rings is 1. The third-order valence-corrected chi connectivity index (χ3v) is 4.78. The predicted molar refractivity (Wildman–Crippen MR) is 101 cm³/mol. The summed E-state index contributed by atoms with van der Waals surface area (Å²) in [6, 6.07) is 7.50. The summed E-state index contributed by atoms with van der Waals surface area (Å²) >= 11 is 0. The first-order valence-corrected chi connectivity index (χ1v) is 9.03. The number of hydrogen-bond donors (Lipinski definition) is 0. The number of ether oxygens (including phenoxy) is 3. The van der Waals surface area contributed by atoms with Crippen LogP contribution >= 0.6 is 0 Å². The molecule has 2 aliphatic rings. The molecule has 0 spiro atoms. The molecule has 0 saturated heterocycles. The number of aromatic nitrogens is 1. The van der Waals surface area contributed by atoms with Crippen molar-refractivity contribution in [3.63, 3.8) is 0 Å². The molecule has 0 fully saturated rings. The molecule has 0 unspecified atom stereocenters. The number of rotatable bonds is 5. The number of ketones is 1. The van der Waals surface area contributed by atoms with Crippen molar-refractivity contribution >= 4 is 11.9 Å². The molecular formula is C21H22N2O4. The molecule has 0 atom stereocenters. The number of carbonyl (C=O) groups excluding carboxylic acids is 1. The van der Waals surface area contributed by atoms with Crippen LogP contribution in [0.3, 0.4) is 0 Å². The van der Waals surface area contributed by atoms with E-state index >= 15 is 0 Å². The van der Waals surface area contributed by atoms with Gasteiger partial charge in [0.15, 0.2) is 5.76 Å². The molecule has 0 saturated carbocycles. The van der Waals surface area contributed by atoms with Crippen molar-refractivity contribution in [3.05, 3.63) is 58.6 Å². The summed E-state index contributed by atoms with van der Waals surface area (Å²) in [7, 11) is 1.70. The van der Waals surface area contributed by atoms with Gasteiger partial charge >= 0.3 is 0 Å². The van der Waals surface area contributed by atoms with Gasteiger partial charge in [-0.05, 0) is 37.1 Å². The predicted octanol–water partition coefficient (Wildman–Crippen LogP) is 3.19. The van der Waals surface area contributed by atoms with E-state index in [4.69, 9.17) is 14.2 Å². The van der Waals surface area contributed by atoms with E-state index in [9.17, 15) is 4.79 Å². The monoisotopic (exact) mass is 366 g/mol. The Hall–Kier alpha value is -2.70. The van der Waals surface area contributed by atoms with Gasteiger partial charge < -0.3 is 14.2 Å². The first-order valence-electron chi connectivity index (χ1n) is 9.03. The quantitative estimate of drug-likeness (QED) is 0.598. The number of nitrogens with zero attached hydrogens (tertiary/aromatic N) is 2. The van der Waals surface area contributed by atoms with Gasteiger partial charge in [0.1, 0.15) is 18.2 Å². The molecule has 1 aromatic carbocycles. The molecule has 0 radical (unpaired) electrons. The van der Waals surface area contributed by atoms with Crippen LogP contribution in [0.2, 0.25) is 0 Å². The number of pyridine rings is 1. The Morgan fingerprint density at radius 2 is 2.26 bits per heavy atom. The second kappa shape index (κ2) is 7.50. The van der Waals surface area contributed by atoms with Gasteiger partial charge in [0.25, 0.3) is 0 Å². The normalized spacial score (nSPS) is 17.4. The molecule has 0 bridgehead atoms. The highest BCUT2D eigenvalue weighted by Gasteiger charge is 2.35. The molecular weight excluding hydrogens is 344 g/mol. The van der Waals surface area contributed by atoms with E-state index in [1.165, 1.54) is 0 Å². The fraction of sp³-hybridized carbons (Fsp3) is 0.333. The lowest BCUT2D eigenvalue weighted by Gasteiger charge is -2.30. The highest BCUT2D eigenvalue weighted by atomic mass is 16.5. The number of Topliss-reactive ketones (excluding diaryl/α,β-unsaturated/α-hetero) is 1. The summed E-state index contributed by atoms with van der Waals surface area (Å²) in [6.07, 6.45) is 4.31. The van der Waals surface area contributed by atoms with Gasteiger partial charge in [-0.2, -0.15) is 0 Å². The lowest BCUT2D eigenvalue weighted by atomic mass is 9.98. The summed E-state index contributed by atoms with van der Waals surface area (Å²) in [6.45, 7) is 4.70. The van der Waals surface area contributed by atoms with E-state index in [1.54, 1.807) is 19.4 Å². The van der Waals surface area contributed by atoms with Crippen molar-refractivity contribution < 1.29 is 19.0 Å². The largest absolute Gasteiger partial charge is 0.478 e. The van der Waals surface area contributed by atoms with Crippen LogP contribution in [0.15, 0.2) is 36.2 Å². The first-order chi connectivity index (χ1) is 13.2. The zero-order chi connectivity index (χ0) is 18.8. The minimum atomic E-state index is -0.104.